The first-order valence-corrected chi connectivity index (χ1v) is 9.41. The third-order valence-electron chi connectivity index (χ3n) is 3.48. The number of nitrogens with zero attached hydrogens (tertiary/aromatic N) is 1. The van der Waals surface area contributed by atoms with Gasteiger partial charge in [0.2, 0.25) is 6.36 Å². The number of aromatic amines is 1. The summed E-state index contributed by atoms with van der Waals surface area (Å²) in [5.41, 5.74) is 0.0379. The van der Waals surface area contributed by atoms with E-state index in [2.05, 4.69) is 4.98 Å². The van der Waals surface area contributed by atoms with Crippen molar-refractivity contribution in [3.8, 4) is 5.75 Å². The smallest absolute Gasteiger partial charge is 0.362 e. The highest BCUT2D eigenvalue weighted by molar-refractivity contribution is 7.71. The Labute approximate surface area is 160 Å². The minimum absolute atomic E-state index is 0.0737. The van der Waals surface area contributed by atoms with Crippen LogP contribution in [-0.4, -0.2) is 33.7 Å². The number of benzene rings is 1. The molecule has 4 atom stereocenters. The van der Waals surface area contributed by atoms with Crippen molar-refractivity contribution in [3.63, 3.8) is 0 Å². The molecule has 1 heterocycles. The minimum Gasteiger partial charge on any atom is -0.362 e. The van der Waals surface area contributed by atoms with Gasteiger partial charge in [0.25, 0.3) is 5.56 Å². The van der Waals surface area contributed by atoms with Crippen LogP contribution in [0.15, 0.2) is 41.3 Å². The van der Waals surface area contributed by atoms with E-state index in [0.29, 0.717) is 11.3 Å². The highest BCUT2D eigenvalue weighted by Crippen LogP contribution is 2.28. The van der Waals surface area contributed by atoms with E-state index in [1.165, 1.54) is 10.8 Å². The van der Waals surface area contributed by atoms with Crippen LogP contribution in [0.4, 0.5) is 4.39 Å². The molecule has 1 aromatic heterocycles. The highest BCUT2D eigenvalue weighted by Gasteiger charge is 2.30. The third-order valence-corrected chi connectivity index (χ3v) is 4.52. The summed E-state index contributed by atoms with van der Waals surface area (Å²) >= 11 is 5.05. The zero-order valence-electron chi connectivity index (χ0n) is 14.6. The molecule has 2 rings (SSSR count). The normalized spacial score (nSPS) is 15.0. The van der Waals surface area contributed by atoms with Gasteiger partial charge >= 0.3 is 8.25 Å². The number of hydrogen-bond acceptors (Lipinski definition) is 7. The Hall–Kier alpha value is -1.97. The number of para-hydroxylation sites is 1. The summed E-state index contributed by atoms with van der Waals surface area (Å²) in [5.74, 6) is 0.320. The van der Waals surface area contributed by atoms with Crippen LogP contribution in [0.3, 0.4) is 0 Å². The molecule has 11 heteroatoms. The van der Waals surface area contributed by atoms with E-state index in [1.807, 2.05) is 0 Å². The topological polar surface area (TPSA) is 103 Å². The van der Waals surface area contributed by atoms with Crippen molar-refractivity contribution in [1.29, 1.82) is 0 Å². The summed E-state index contributed by atoms with van der Waals surface area (Å²) in [6.45, 7) is 2.59. The van der Waals surface area contributed by atoms with Crippen molar-refractivity contribution in [1.82, 2.24) is 9.55 Å². The summed E-state index contributed by atoms with van der Waals surface area (Å²) in [4.78, 5) is 14.0. The van der Waals surface area contributed by atoms with Crippen molar-refractivity contribution in [2.24, 2.45) is 0 Å². The molecular formula is C16H19FN2O6PS+. The standard InChI is InChI=1S/C16H18FN2O6PS/c1-10-8-19(16(27)18-15(10)21)11(2)24-13(14(17)20)9-23-26(22)25-12-6-4-3-5-7-12/h3-8,11,13-14,20H,9H2,1-2H3/p+1/t11-,13-,14+/m0/s1. The van der Waals surface area contributed by atoms with Gasteiger partial charge in [0.15, 0.2) is 10.5 Å². The Morgan fingerprint density at radius 2 is 2.04 bits per heavy atom. The Morgan fingerprint density at radius 3 is 2.67 bits per heavy atom. The van der Waals surface area contributed by atoms with Gasteiger partial charge in [0.1, 0.15) is 18.9 Å². The molecule has 0 bridgehead atoms. The van der Waals surface area contributed by atoms with Crippen LogP contribution in [0, 0.1) is 11.7 Å². The van der Waals surface area contributed by atoms with Crippen molar-refractivity contribution in [3.05, 3.63) is 57.2 Å². The van der Waals surface area contributed by atoms with E-state index in [9.17, 15) is 18.9 Å². The number of aromatic nitrogens is 2. The van der Waals surface area contributed by atoms with Crippen molar-refractivity contribution in [2.75, 3.05) is 6.61 Å². The zero-order chi connectivity index (χ0) is 20.0. The first-order chi connectivity index (χ1) is 12.8. The molecule has 2 aromatic rings. The summed E-state index contributed by atoms with van der Waals surface area (Å²) in [6, 6.07) is 8.30. The molecule has 1 unspecified atom stereocenters. The Morgan fingerprint density at radius 1 is 1.37 bits per heavy atom. The fourth-order valence-corrected chi connectivity index (χ4v) is 3.00. The van der Waals surface area contributed by atoms with Crippen molar-refractivity contribution >= 4 is 20.5 Å². The fraction of sp³-hybridized carbons (Fsp3) is 0.375. The molecule has 1 aromatic carbocycles. The molecule has 0 radical (unpaired) electrons. The van der Waals surface area contributed by atoms with E-state index < -0.39 is 33.6 Å². The van der Waals surface area contributed by atoms with Gasteiger partial charge in [0, 0.05) is 16.3 Å². The number of rotatable bonds is 9. The Balaban J connectivity index is 1.99. The quantitative estimate of drug-likeness (QED) is 0.477. The van der Waals surface area contributed by atoms with E-state index in [-0.39, 0.29) is 10.3 Å². The molecule has 0 saturated heterocycles. The van der Waals surface area contributed by atoms with Crippen LogP contribution in [0.25, 0.3) is 0 Å². The average molecular weight is 417 g/mol. The van der Waals surface area contributed by atoms with Gasteiger partial charge in [-0.3, -0.25) is 14.3 Å². The predicted octanol–water partition coefficient (Wildman–Crippen LogP) is 3.16. The summed E-state index contributed by atoms with van der Waals surface area (Å²) < 4.78 is 42.2. The van der Waals surface area contributed by atoms with Crippen LogP contribution in [-0.2, 0) is 13.8 Å². The van der Waals surface area contributed by atoms with Gasteiger partial charge in [-0.05, 0) is 38.2 Å². The third kappa shape index (κ3) is 6.30. The molecule has 0 spiro atoms. The second-order valence-corrected chi connectivity index (χ2v) is 6.82. The van der Waals surface area contributed by atoms with Crippen molar-refractivity contribution in [2.45, 2.75) is 32.5 Å². The number of aliphatic hydroxyl groups excluding tert-OH is 1. The molecule has 8 nitrogen and oxygen atoms in total. The Bertz CT molecular complexity index is 888. The lowest BCUT2D eigenvalue weighted by atomic mass is 10.3. The molecule has 146 valence electrons. The molecule has 0 aliphatic heterocycles. The van der Waals surface area contributed by atoms with Crippen LogP contribution >= 0.6 is 20.5 Å². The molecule has 0 amide bonds. The monoisotopic (exact) mass is 417 g/mol. The predicted molar refractivity (Wildman–Crippen MR) is 98.0 cm³/mol. The number of aryl methyl sites for hydroxylation is 1. The maximum atomic E-state index is 13.5. The SMILES string of the molecule is Cc1cn([C@H](C)O[C@@H](CO[P+](=O)Oc2ccccc2)[C@@H](O)F)c(=S)[nH]c1=O. The molecule has 0 aliphatic rings. The lowest BCUT2D eigenvalue weighted by Gasteiger charge is -2.23. The lowest BCUT2D eigenvalue weighted by Crippen LogP contribution is -2.33. The second-order valence-electron chi connectivity index (χ2n) is 5.55. The lowest BCUT2D eigenvalue weighted by molar-refractivity contribution is -0.152. The van der Waals surface area contributed by atoms with Gasteiger partial charge in [-0.1, -0.05) is 18.2 Å². The number of H-pyrrole nitrogens is 1. The molecule has 0 saturated carbocycles. The van der Waals surface area contributed by atoms with Gasteiger partial charge in [0.05, 0.1) is 0 Å². The first-order valence-electron chi connectivity index (χ1n) is 7.90. The van der Waals surface area contributed by atoms with Crippen LogP contribution in [0.5, 0.6) is 5.75 Å². The largest absolute Gasteiger partial charge is 0.750 e. The molecular weight excluding hydrogens is 398 g/mol. The number of halogens is 1. The van der Waals surface area contributed by atoms with Crippen LogP contribution < -0.4 is 10.1 Å². The van der Waals surface area contributed by atoms with Crippen LogP contribution in [0.2, 0.25) is 0 Å². The van der Waals surface area contributed by atoms with Crippen molar-refractivity contribution < 1.29 is 27.8 Å². The molecule has 0 fully saturated rings. The van der Waals surface area contributed by atoms with E-state index in [0.717, 1.165) is 0 Å². The van der Waals surface area contributed by atoms with Gasteiger partial charge in [-0.15, -0.1) is 4.52 Å². The van der Waals surface area contributed by atoms with Crippen LogP contribution in [0.1, 0.15) is 18.7 Å². The number of aliphatic hydroxyl groups is 1. The molecule has 27 heavy (non-hydrogen) atoms. The minimum atomic E-state index is -2.59. The summed E-state index contributed by atoms with van der Waals surface area (Å²) in [7, 11) is -2.59. The summed E-state index contributed by atoms with van der Waals surface area (Å²) in [6.07, 6.45) is -3.23. The summed E-state index contributed by atoms with van der Waals surface area (Å²) in [5, 5.41) is 9.28. The number of alkyl halides is 1. The molecule has 2 N–H and O–H groups in total. The number of nitrogens with one attached hydrogen (secondary N) is 1. The molecule has 0 aliphatic carbocycles. The maximum Gasteiger partial charge on any atom is 0.750 e. The Kier molecular flexibility index (Phi) is 7.76. The van der Waals surface area contributed by atoms with E-state index in [1.54, 1.807) is 44.2 Å². The fourth-order valence-electron chi connectivity index (χ4n) is 2.09. The maximum absolute atomic E-state index is 13.5. The number of ether oxygens (including phenoxy) is 1. The van der Waals surface area contributed by atoms with Gasteiger partial charge < -0.3 is 9.84 Å². The van der Waals surface area contributed by atoms with Gasteiger partial charge in [-0.2, -0.15) is 0 Å². The number of hydrogen-bond donors (Lipinski definition) is 2. The second kappa shape index (κ2) is 9.82. The zero-order valence-corrected chi connectivity index (χ0v) is 16.3. The average Bonchev–Trinajstić information content (AvgIpc) is 2.62. The van der Waals surface area contributed by atoms with E-state index in [4.69, 9.17) is 26.0 Å². The highest BCUT2D eigenvalue weighted by atomic mass is 32.1. The van der Waals surface area contributed by atoms with E-state index >= 15 is 0 Å². The van der Waals surface area contributed by atoms with Gasteiger partial charge in [-0.25, -0.2) is 8.91 Å². The first kappa shape index (κ1) is 21.3.